The first-order chi connectivity index (χ1) is 6.84. The van der Waals surface area contributed by atoms with E-state index in [4.69, 9.17) is 0 Å². The molecule has 0 radical (unpaired) electrons. The first-order valence-corrected chi connectivity index (χ1v) is 5.37. The minimum atomic E-state index is 1.09. The van der Waals surface area contributed by atoms with Crippen molar-refractivity contribution >= 4 is 22.4 Å². The Balaban J connectivity index is 2.53. The molecule has 3 rings (SSSR count). The topological polar surface area (TPSA) is 12.9 Å². The second-order valence-electron chi connectivity index (χ2n) is 3.51. The molecule has 14 heavy (non-hydrogen) atoms. The van der Waals surface area contributed by atoms with Crippen LogP contribution >= 0.6 is 11.5 Å². The van der Waals surface area contributed by atoms with Crippen LogP contribution < -0.4 is 0 Å². The van der Waals surface area contributed by atoms with Crippen molar-refractivity contribution in [2.45, 2.75) is 6.92 Å². The first-order valence-electron chi connectivity index (χ1n) is 4.59. The monoisotopic (exact) mass is 199 g/mol. The van der Waals surface area contributed by atoms with E-state index in [9.17, 15) is 0 Å². The predicted octanol–water partition coefficient (Wildman–Crippen LogP) is 3.71. The van der Waals surface area contributed by atoms with E-state index in [2.05, 4.69) is 41.6 Å². The molecule has 1 aromatic carbocycles. The molecule has 0 unspecified atom stereocenters. The maximum Gasteiger partial charge on any atom is 0.0838 e. The van der Waals surface area contributed by atoms with Crippen molar-refractivity contribution in [3.05, 3.63) is 42.0 Å². The molecule has 0 fully saturated rings. The summed E-state index contributed by atoms with van der Waals surface area (Å²) in [7, 11) is 0. The standard InChI is InChI=1S/C12H9NS/c1-8-6-10-9-4-2-3-5-11(9)13-14-12(10)7-8/h2-7H,1H3. The molecule has 0 N–H and O–H groups in total. The minimum Gasteiger partial charge on any atom is -0.192 e. The van der Waals surface area contributed by atoms with Crippen molar-refractivity contribution in [3.63, 3.8) is 0 Å². The number of nitrogens with zero attached hydrogens (tertiary/aromatic N) is 1. The Morgan fingerprint density at radius 2 is 2.00 bits per heavy atom. The van der Waals surface area contributed by atoms with E-state index < -0.39 is 0 Å². The summed E-state index contributed by atoms with van der Waals surface area (Å²) in [6, 6.07) is 12.7. The van der Waals surface area contributed by atoms with Gasteiger partial charge in [-0.05, 0) is 42.2 Å². The van der Waals surface area contributed by atoms with Crippen LogP contribution in [-0.4, -0.2) is 4.37 Å². The van der Waals surface area contributed by atoms with Gasteiger partial charge >= 0.3 is 0 Å². The van der Waals surface area contributed by atoms with Crippen LogP contribution in [0.25, 0.3) is 21.3 Å². The van der Waals surface area contributed by atoms with Gasteiger partial charge in [0, 0.05) is 10.9 Å². The Morgan fingerprint density at radius 1 is 1.14 bits per heavy atom. The Labute approximate surface area is 86.5 Å². The van der Waals surface area contributed by atoms with Crippen molar-refractivity contribution in [3.8, 4) is 10.4 Å². The molecule has 1 aromatic rings. The smallest absolute Gasteiger partial charge is 0.0838 e. The van der Waals surface area contributed by atoms with Crippen molar-refractivity contribution < 1.29 is 0 Å². The number of hydrogen-bond donors (Lipinski definition) is 0. The van der Waals surface area contributed by atoms with Crippen LogP contribution in [0.3, 0.4) is 0 Å². The van der Waals surface area contributed by atoms with Crippen LogP contribution in [0, 0.1) is 6.92 Å². The summed E-state index contributed by atoms with van der Waals surface area (Å²) in [5.41, 5.74) is 3.74. The van der Waals surface area contributed by atoms with Crippen molar-refractivity contribution in [2.24, 2.45) is 0 Å². The molecule has 0 saturated carbocycles. The van der Waals surface area contributed by atoms with Gasteiger partial charge in [-0.1, -0.05) is 18.2 Å². The van der Waals surface area contributed by atoms with E-state index in [1.807, 2.05) is 6.07 Å². The zero-order chi connectivity index (χ0) is 9.54. The number of aromatic nitrogens is 1. The highest BCUT2D eigenvalue weighted by Gasteiger charge is 2.09. The molecule has 0 bridgehead atoms. The van der Waals surface area contributed by atoms with Crippen LogP contribution in [0.4, 0.5) is 0 Å². The Morgan fingerprint density at radius 3 is 2.93 bits per heavy atom. The maximum atomic E-state index is 4.46. The van der Waals surface area contributed by atoms with Gasteiger partial charge in [-0.25, -0.2) is 0 Å². The van der Waals surface area contributed by atoms with Gasteiger partial charge in [0.15, 0.2) is 0 Å². The van der Waals surface area contributed by atoms with Crippen molar-refractivity contribution in [1.29, 1.82) is 0 Å². The number of fused-ring (bicyclic) bond motifs is 3. The lowest BCUT2D eigenvalue weighted by atomic mass is 10.1. The third-order valence-electron chi connectivity index (χ3n) is 2.43. The van der Waals surface area contributed by atoms with Crippen molar-refractivity contribution in [1.82, 2.24) is 4.37 Å². The second-order valence-corrected chi connectivity index (χ2v) is 4.32. The molecule has 0 aromatic heterocycles. The average molecular weight is 199 g/mol. The SMILES string of the molecule is Cc1cc2snc3ccccc3c-2c1. The van der Waals surface area contributed by atoms with Crippen LogP contribution in [-0.2, 0) is 0 Å². The minimum absolute atomic E-state index is 1.09. The van der Waals surface area contributed by atoms with E-state index in [1.165, 1.54) is 21.4 Å². The first kappa shape index (κ1) is 7.94. The predicted molar refractivity (Wildman–Crippen MR) is 61.0 cm³/mol. The average Bonchev–Trinajstić information content (AvgIpc) is 2.59. The fraction of sp³-hybridized carbons (Fsp3) is 0.0833. The molecule has 0 spiro atoms. The number of aryl methyl sites for hydroxylation is 1. The van der Waals surface area contributed by atoms with Gasteiger partial charge in [-0.3, -0.25) is 0 Å². The molecule has 1 aliphatic carbocycles. The lowest BCUT2D eigenvalue weighted by Gasteiger charge is -2.01. The summed E-state index contributed by atoms with van der Waals surface area (Å²) < 4.78 is 4.46. The highest BCUT2D eigenvalue weighted by atomic mass is 32.1. The summed E-state index contributed by atoms with van der Waals surface area (Å²) in [5, 5.41) is 1.26. The summed E-state index contributed by atoms with van der Waals surface area (Å²) in [6.07, 6.45) is 0. The maximum absolute atomic E-state index is 4.46. The molecule has 0 saturated heterocycles. The van der Waals surface area contributed by atoms with Gasteiger partial charge in [0.1, 0.15) is 0 Å². The Kier molecular flexibility index (Phi) is 1.58. The van der Waals surface area contributed by atoms with E-state index in [1.54, 1.807) is 11.5 Å². The number of rotatable bonds is 0. The molecule has 0 atom stereocenters. The van der Waals surface area contributed by atoms with E-state index in [-0.39, 0.29) is 0 Å². The second kappa shape index (κ2) is 2.79. The highest BCUT2D eigenvalue weighted by Crippen LogP contribution is 2.34. The molecule has 2 heteroatoms. The highest BCUT2D eigenvalue weighted by molar-refractivity contribution is 7.10. The normalized spacial score (nSPS) is 11.2. The molecule has 1 aliphatic heterocycles. The van der Waals surface area contributed by atoms with Gasteiger partial charge in [0.25, 0.3) is 0 Å². The Hall–Kier alpha value is -1.41. The lowest BCUT2D eigenvalue weighted by Crippen LogP contribution is -1.78. The fourth-order valence-corrected chi connectivity index (χ4v) is 2.65. The Bertz CT molecular complexity index is 568. The zero-order valence-corrected chi connectivity index (χ0v) is 8.64. The van der Waals surface area contributed by atoms with Crippen LogP contribution in [0.5, 0.6) is 0 Å². The van der Waals surface area contributed by atoms with Gasteiger partial charge in [-0.2, -0.15) is 4.37 Å². The third kappa shape index (κ3) is 1.04. The number of benzene rings is 1. The molecular weight excluding hydrogens is 190 g/mol. The lowest BCUT2D eigenvalue weighted by molar-refractivity contribution is 1.56. The number of hydrogen-bond acceptors (Lipinski definition) is 2. The van der Waals surface area contributed by atoms with E-state index >= 15 is 0 Å². The third-order valence-corrected chi connectivity index (χ3v) is 3.26. The summed E-state index contributed by atoms with van der Waals surface area (Å²) in [4.78, 5) is 1.28. The molecule has 0 amide bonds. The summed E-state index contributed by atoms with van der Waals surface area (Å²) >= 11 is 1.58. The molecule has 1 nitrogen and oxygen atoms in total. The van der Waals surface area contributed by atoms with E-state index in [0.29, 0.717) is 0 Å². The van der Waals surface area contributed by atoms with Crippen LogP contribution in [0.15, 0.2) is 36.4 Å². The molecule has 1 heterocycles. The van der Waals surface area contributed by atoms with Gasteiger partial charge in [0.2, 0.25) is 0 Å². The van der Waals surface area contributed by atoms with Crippen molar-refractivity contribution in [2.75, 3.05) is 0 Å². The van der Waals surface area contributed by atoms with Gasteiger partial charge in [0.05, 0.1) is 10.4 Å². The van der Waals surface area contributed by atoms with Gasteiger partial charge < -0.3 is 0 Å². The van der Waals surface area contributed by atoms with Gasteiger partial charge in [-0.15, -0.1) is 0 Å². The molecule has 68 valence electrons. The molecule has 2 aliphatic rings. The molecular formula is C12H9NS. The van der Waals surface area contributed by atoms with Crippen LogP contribution in [0.2, 0.25) is 0 Å². The fourth-order valence-electron chi connectivity index (χ4n) is 1.79. The van der Waals surface area contributed by atoms with Crippen LogP contribution in [0.1, 0.15) is 5.56 Å². The largest absolute Gasteiger partial charge is 0.192 e. The summed E-state index contributed by atoms with van der Waals surface area (Å²) in [5.74, 6) is 0. The summed E-state index contributed by atoms with van der Waals surface area (Å²) in [6.45, 7) is 2.13. The quantitative estimate of drug-likeness (QED) is 0.538. The zero-order valence-electron chi connectivity index (χ0n) is 7.82. The van der Waals surface area contributed by atoms with E-state index in [0.717, 1.165) is 5.52 Å².